The third-order valence-corrected chi connectivity index (χ3v) is 3.98. The number of nitrogens with zero attached hydrogens (tertiary/aromatic N) is 2. The fourth-order valence-electron chi connectivity index (χ4n) is 2.87. The van der Waals surface area contributed by atoms with E-state index in [1.54, 1.807) is 0 Å². The third kappa shape index (κ3) is 3.04. The average Bonchev–Trinajstić information content (AvgIpc) is 2.87. The third-order valence-electron chi connectivity index (χ3n) is 3.98. The van der Waals surface area contributed by atoms with Crippen LogP contribution in [0.3, 0.4) is 0 Å². The fraction of sp³-hybridized carbons (Fsp3) is 0.438. The molecule has 0 radical (unpaired) electrons. The lowest BCUT2D eigenvalue weighted by Gasteiger charge is -2.36. The van der Waals surface area contributed by atoms with Crippen LogP contribution in [-0.2, 0) is 11.3 Å². The van der Waals surface area contributed by atoms with Gasteiger partial charge in [-0.2, -0.15) is 0 Å². The van der Waals surface area contributed by atoms with E-state index in [2.05, 4.69) is 40.1 Å². The van der Waals surface area contributed by atoms with Crippen molar-refractivity contribution in [1.29, 1.82) is 0 Å². The average molecular weight is 256 g/mol. The number of benzene rings is 1. The maximum Gasteiger partial charge on any atom is 0.157 e. The predicted octanol–water partition coefficient (Wildman–Crippen LogP) is 2.05. The normalized spacial score (nSPS) is 20.7. The summed E-state index contributed by atoms with van der Waals surface area (Å²) in [5.41, 5.74) is 2.63. The van der Waals surface area contributed by atoms with Gasteiger partial charge in [0.15, 0.2) is 5.78 Å². The highest BCUT2D eigenvalue weighted by Crippen LogP contribution is 2.21. The number of allylic oxidation sites excluding steroid dienone is 2. The molecule has 1 aromatic rings. The van der Waals surface area contributed by atoms with Gasteiger partial charge in [-0.1, -0.05) is 30.3 Å². The molecule has 0 aromatic heterocycles. The number of rotatable bonds is 3. The van der Waals surface area contributed by atoms with Crippen LogP contribution in [0.1, 0.15) is 18.4 Å². The van der Waals surface area contributed by atoms with Crippen molar-refractivity contribution in [3.8, 4) is 0 Å². The molecule has 3 heteroatoms. The number of carbonyl (C=O) groups excluding carboxylic acids is 1. The van der Waals surface area contributed by atoms with Crippen molar-refractivity contribution in [3.05, 3.63) is 47.7 Å². The second kappa shape index (κ2) is 5.57. The first-order valence-corrected chi connectivity index (χ1v) is 7.06. The molecule has 0 bridgehead atoms. The Labute approximate surface area is 114 Å². The van der Waals surface area contributed by atoms with E-state index >= 15 is 0 Å². The zero-order valence-corrected chi connectivity index (χ0v) is 11.2. The SMILES string of the molecule is O=C1C=C(N2CCN(Cc3ccccc3)CC2)CC1. The summed E-state index contributed by atoms with van der Waals surface area (Å²) in [6, 6.07) is 10.6. The molecule has 1 fully saturated rings. The summed E-state index contributed by atoms with van der Waals surface area (Å²) < 4.78 is 0. The predicted molar refractivity (Wildman–Crippen MR) is 75.6 cm³/mol. The summed E-state index contributed by atoms with van der Waals surface area (Å²) in [4.78, 5) is 16.2. The fourth-order valence-corrected chi connectivity index (χ4v) is 2.87. The molecule has 1 saturated heterocycles. The summed E-state index contributed by atoms with van der Waals surface area (Å²) in [5, 5.41) is 0. The number of piperazine rings is 1. The molecule has 1 aliphatic carbocycles. The summed E-state index contributed by atoms with van der Waals surface area (Å²) in [7, 11) is 0. The van der Waals surface area contributed by atoms with Gasteiger partial charge in [0.05, 0.1) is 0 Å². The maximum atomic E-state index is 11.3. The van der Waals surface area contributed by atoms with Gasteiger partial charge in [-0.3, -0.25) is 9.69 Å². The van der Waals surface area contributed by atoms with E-state index in [1.807, 2.05) is 6.08 Å². The van der Waals surface area contributed by atoms with Crippen LogP contribution < -0.4 is 0 Å². The Balaban J connectivity index is 1.52. The second-order valence-electron chi connectivity index (χ2n) is 5.35. The molecule has 0 spiro atoms. The van der Waals surface area contributed by atoms with E-state index in [-0.39, 0.29) is 0 Å². The Morgan fingerprint density at radius 2 is 1.68 bits per heavy atom. The van der Waals surface area contributed by atoms with Crippen LogP contribution in [0.5, 0.6) is 0 Å². The number of hydrogen-bond donors (Lipinski definition) is 0. The van der Waals surface area contributed by atoms with Gasteiger partial charge in [0.2, 0.25) is 0 Å². The zero-order valence-electron chi connectivity index (χ0n) is 11.2. The van der Waals surface area contributed by atoms with Crippen LogP contribution in [0.25, 0.3) is 0 Å². The Morgan fingerprint density at radius 3 is 2.32 bits per heavy atom. The molecule has 100 valence electrons. The smallest absolute Gasteiger partial charge is 0.157 e. The molecule has 19 heavy (non-hydrogen) atoms. The van der Waals surface area contributed by atoms with E-state index in [0.717, 1.165) is 39.1 Å². The first-order chi connectivity index (χ1) is 9.31. The van der Waals surface area contributed by atoms with Gasteiger partial charge in [-0.05, 0) is 12.0 Å². The molecule has 0 unspecified atom stereocenters. The van der Waals surface area contributed by atoms with Crippen molar-refractivity contribution in [2.24, 2.45) is 0 Å². The van der Waals surface area contributed by atoms with Crippen molar-refractivity contribution in [3.63, 3.8) is 0 Å². The molecule has 1 aromatic carbocycles. The summed E-state index contributed by atoms with van der Waals surface area (Å²) in [6.45, 7) is 5.30. The van der Waals surface area contributed by atoms with E-state index in [0.29, 0.717) is 12.2 Å². The topological polar surface area (TPSA) is 23.6 Å². The van der Waals surface area contributed by atoms with Gasteiger partial charge in [0.1, 0.15) is 0 Å². The van der Waals surface area contributed by atoms with Crippen LogP contribution in [-0.4, -0.2) is 41.8 Å². The molecule has 0 atom stereocenters. The van der Waals surface area contributed by atoms with Gasteiger partial charge in [0.25, 0.3) is 0 Å². The molecular formula is C16H20N2O. The lowest BCUT2D eigenvalue weighted by Crippen LogP contribution is -2.45. The standard InChI is InChI=1S/C16H20N2O/c19-16-7-6-15(12-16)18-10-8-17(9-11-18)13-14-4-2-1-3-5-14/h1-5,12H,6-11,13H2. The Kier molecular flexibility index (Phi) is 3.65. The maximum absolute atomic E-state index is 11.3. The highest BCUT2D eigenvalue weighted by molar-refractivity contribution is 5.92. The van der Waals surface area contributed by atoms with Crippen LogP contribution in [0.15, 0.2) is 42.1 Å². The van der Waals surface area contributed by atoms with E-state index in [9.17, 15) is 4.79 Å². The van der Waals surface area contributed by atoms with Gasteiger partial charge in [0, 0.05) is 50.9 Å². The molecule has 3 nitrogen and oxygen atoms in total. The van der Waals surface area contributed by atoms with Crippen LogP contribution in [0.2, 0.25) is 0 Å². The summed E-state index contributed by atoms with van der Waals surface area (Å²) >= 11 is 0. The van der Waals surface area contributed by atoms with Crippen molar-refractivity contribution >= 4 is 5.78 Å². The van der Waals surface area contributed by atoms with Gasteiger partial charge >= 0.3 is 0 Å². The van der Waals surface area contributed by atoms with Crippen LogP contribution in [0, 0.1) is 0 Å². The van der Waals surface area contributed by atoms with Gasteiger partial charge in [-0.15, -0.1) is 0 Å². The number of ketones is 1. The lowest BCUT2D eigenvalue weighted by atomic mass is 10.2. The van der Waals surface area contributed by atoms with E-state index in [4.69, 9.17) is 0 Å². The molecule has 2 aliphatic rings. The lowest BCUT2D eigenvalue weighted by molar-refractivity contribution is -0.114. The summed E-state index contributed by atoms with van der Waals surface area (Å²) in [6.07, 6.45) is 3.49. The Morgan fingerprint density at radius 1 is 0.947 bits per heavy atom. The van der Waals surface area contributed by atoms with Crippen molar-refractivity contribution in [1.82, 2.24) is 9.80 Å². The highest BCUT2D eigenvalue weighted by atomic mass is 16.1. The summed E-state index contributed by atoms with van der Waals surface area (Å²) in [5.74, 6) is 0.293. The Hall–Kier alpha value is -1.61. The number of carbonyl (C=O) groups is 1. The minimum Gasteiger partial charge on any atom is -0.372 e. The highest BCUT2D eigenvalue weighted by Gasteiger charge is 2.22. The van der Waals surface area contributed by atoms with Crippen molar-refractivity contribution in [2.45, 2.75) is 19.4 Å². The first-order valence-electron chi connectivity index (χ1n) is 7.06. The zero-order chi connectivity index (χ0) is 13.1. The second-order valence-corrected chi connectivity index (χ2v) is 5.35. The molecule has 1 heterocycles. The van der Waals surface area contributed by atoms with Crippen molar-refractivity contribution in [2.75, 3.05) is 26.2 Å². The van der Waals surface area contributed by atoms with Gasteiger partial charge in [-0.25, -0.2) is 0 Å². The van der Waals surface area contributed by atoms with E-state index in [1.165, 1.54) is 11.3 Å². The van der Waals surface area contributed by atoms with E-state index < -0.39 is 0 Å². The first kappa shape index (κ1) is 12.4. The minimum atomic E-state index is 0.293. The molecule has 0 saturated carbocycles. The largest absolute Gasteiger partial charge is 0.372 e. The molecule has 0 N–H and O–H groups in total. The number of hydrogen-bond acceptors (Lipinski definition) is 3. The molecule has 0 amide bonds. The molecule has 3 rings (SSSR count). The quantitative estimate of drug-likeness (QED) is 0.827. The van der Waals surface area contributed by atoms with Crippen LogP contribution in [0.4, 0.5) is 0 Å². The Bertz CT molecular complexity index is 473. The minimum absolute atomic E-state index is 0.293. The van der Waals surface area contributed by atoms with Gasteiger partial charge < -0.3 is 4.90 Å². The molecule has 1 aliphatic heterocycles. The van der Waals surface area contributed by atoms with Crippen molar-refractivity contribution < 1.29 is 4.79 Å². The van der Waals surface area contributed by atoms with Crippen LogP contribution >= 0.6 is 0 Å². The molecular weight excluding hydrogens is 236 g/mol. The monoisotopic (exact) mass is 256 g/mol.